The molecule has 1 saturated heterocycles. The van der Waals surface area contributed by atoms with Crippen LogP contribution in [0, 0.1) is 13.8 Å². The molecule has 0 amide bonds. The number of hydrogen-bond donors (Lipinski definition) is 2. The summed E-state index contributed by atoms with van der Waals surface area (Å²) in [6, 6.07) is 6.76. The molecule has 94 valence electrons. The highest BCUT2D eigenvalue weighted by molar-refractivity contribution is 5.30. The van der Waals surface area contributed by atoms with Crippen LogP contribution >= 0.6 is 0 Å². The van der Waals surface area contributed by atoms with Crippen molar-refractivity contribution in [2.45, 2.75) is 51.7 Å². The van der Waals surface area contributed by atoms with Gasteiger partial charge in [0.05, 0.1) is 6.10 Å². The van der Waals surface area contributed by atoms with Crippen LogP contribution in [-0.2, 0) is 6.42 Å². The van der Waals surface area contributed by atoms with Gasteiger partial charge >= 0.3 is 0 Å². The smallest absolute Gasteiger partial charge is 0.0733 e. The molecule has 1 aromatic rings. The van der Waals surface area contributed by atoms with E-state index in [9.17, 15) is 5.11 Å². The number of benzene rings is 1. The molecule has 1 aromatic carbocycles. The molecular formula is C15H23NO. The Morgan fingerprint density at radius 2 is 2.12 bits per heavy atom. The van der Waals surface area contributed by atoms with Crippen molar-refractivity contribution >= 4 is 0 Å². The van der Waals surface area contributed by atoms with E-state index >= 15 is 0 Å². The predicted octanol–water partition coefficient (Wildman–Crippen LogP) is 2.35. The van der Waals surface area contributed by atoms with E-state index in [4.69, 9.17) is 0 Å². The standard InChI is InChI=1S/C15H23NO/c1-11-6-7-13(9-12(11)2)10-15(17)14-5-3-4-8-16-14/h6-7,9,14-17H,3-5,8,10H2,1-2H3. The molecule has 0 saturated carbocycles. The monoisotopic (exact) mass is 233 g/mol. The topological polar surface area (TPSA) is 32.3 Å². The fourth-order valence-corrected chi connectivity index (χ4v) is 2.52. The number of aryl methyl sites for hydroxylation is 2. The van der Waals surface area contributed by atoms with Crippen LogP contribution in [0.4, 0.5) is 0 Å². The highest BCUT2D eigenvalue weighted by Crippen LogP contribution is 2.16. The first-order chi connectivity index (χ1) is 8.16. The van der Waals surface area contributed by atoms with Crippen molar-refractivity contribution in [3.8, 4) is 0 Å². The van der Waals surface area contributed by atoms with Crippen molar-refractivity contribution in [1.82, 2.24) is 5.32 Å². The van der Waals surface area contributed by atoms with E-state index in [0.29, 0.717) is 0 Å². The van der Waals surface area contributed by atoms with Gasteiger partial charge < -0.3 is 10.4 Å². The summed E-state index contributed by atoms with van der Waals surface area (Å²) in [5, 5.41) is 13.6. The molecule has 2 heteroatoms. The quantitative estimate of drug-likeness (QED) is 0.840. The van der Waals surface area contributed by atoms with Crippen LogP contribution in [0.3, 0.4) is 0 Å². The summed E-state index contributed by atoms with van der Waals surface area (Å²) < 4.78 is 0. The maximum Gasteiger partial charge on any atom is 0.0733 e. The third kappa shape index (κ3) is 3.30. The van der Waals surface area contributed by atoms with Crippen molar-refractivity contribution in [2.24, 2.45) is 0 Å². The van der Waals surface area contributed by atoms with Crippen LogP contribution in [0.1, 0.15) is 36.0 Å². The molecule has 2 unspecified atom stereocenters. The van der Waals surface area contributed by atoms with Crippen molar-refractivity contribution < 1.29 is 5.11 Å². The molecule has 0 aliphatic carbocycles. The van der Waals surface area contributed by atoms with Gasteiger partial charge in [-0.15, -0.1) is 0 Å². The van der Waals surface area contributed by atoms with Gasteiger partial charge in [0.2, 0.25) is 0 Å². The average Bonchev–Trinajstić information content (AvgIpc) is 2.35. The Labute approximate surface area is 104 Å². The summed E-state index contributed by atoms with van der Waals surface area (Å²) in [5.41, 5.74) is 3.87. The number of hydrogen-bond acceptors (Lipinski definition) is 2. The lowest BCUT2D eigenvalue weighted by Gasteiger charge is -2.28. The van der Waals surface area contributed by atoms with E-state index in [0.717, 1.165) is 19.4 Å². The minimum Gasteiger partial charge on any atom is -0.391 e. The third-order valence-corrected chi connectivity index (χ3v) is 3.83. The Morgan fingerprint density at radius 3 is 2.76 bits per heavy atom. The molecule has 1 aliphatic heterocycles. The molecule has 2 atom stereocenters. The number of aliphatic hydroxyl groups excluding tert-OH is 1. The third-order valence-electron chi connectivity index (χ3n) is 3.83. The normalized spacial score (nSPS) is 22.4. The molecule has 2 nitrogen and oxygen atoms in total. The van der Waals surface area contributed by atoms with Crippen molar-refractivity contribution in [1.29, 1.82) is 0 Å². The van der Waals surface area contributed by atoms with E-state index in [1.165, 1.54) is 29.5 Å². The van der Waals surface area contributed by atoms with Gasteiger partial charge in [-0.1, -0.05) is 24.6 Å². The first kappa shape index (κ1) is 12.6. The maximum atomic E-state index is 10.2. The second-order valence-electron chi connectivity index (χ2n) is 5.25. The van der Waals surface area contributed by atoms with E-state index in [-0.39, 0.29) is 12.1 Å². The Morgan fingerprint density at radius 1 is 1.29 bits per heavy atom. The predicted molar refractivity (Wildman–Crippen MR) is 71.3 cm³/mol. The van der Waals surface area contributed by atoms with E-state index < -0.39 is 0 Å². The summed E-state index contributed by atoms with van der Waals surface area (Å²) in [4.78, 5) is 0. The summed E-state index contributed by atoms with van der Waals surface area (Å²) >= 11 is 0. The molecule has 1 heterocycles. The Balaban J connectivity index is 1.96. The van der Waals surface area contributed by atoms with Gasteiger partial charge in [-0.2, -0.15) is 0 Å². The largest absolute Gasteiger partial charge is 0.391 e. The van der Waals surface area contributed by atoms with Crippen molar-refractivity contribution in [3.05, 3.63) is 34.9 Å². The summed E-state index contributed by atoms with van der Waals surface area (Å²) in [7, 11) is 0. The minimum absolute atomic E-state index is 0.252. The number of rotatable bonds is 3. The molecule has 2 rings (SSSR count). The van der Waals surface area contributed by atoms with Crippen LogP contribution in [0.15, 0.2) is 18.2 Å². The van der Waals surface area contributed by atoms with Gasteiger partial charge in [-0.25, -0.2) is 0 Å². The van der Waals surface area contributed by atoms with Gasteiger partial charge in [-0.3, -0.25) is 0 Å². The van der Waals surface area contributed by atoms with E-state index in [1.807, 2.05) is 0 Å². The van der Waals surface area contributed by atoms with E-state index in [1.54, 1.807) is 0 Å². The molecule has 17 heavy (non-hydrogen) atoms. The summed E-state index contributed by atoms with van der Waals surface area (Å²) in [6.07, 6.45) is 4.09. The van der Waals surface area contributed by atoms with Gasteiger partial charge in [0.25, 0.3) is 0 Å². The number of aliphatic hydroxyl groups is 1. The zero-order chi connectivity index (χ0) is 12.3. The average molecular weight is 233 g/mol. The zero-order valence-electron chi connectivity index (χ0n) is 10.9. The first-order valence-electron chi connectivity index (χ1n) is 6.64. The van der Waals surface area contributed by atoms with Gasteiger partial charge in [-0.05, 0) is 56.3 Å². The summed E-state index contributed by atoms with van der Waals surface area (Å²) in [5.74, 6) is 0. The van der Waals surface area contributed by atoms with Gasteiger partial charge in [0.1, 0.15) is 0 Å². The molecule has 0 radical (unpaired) electrons. The molecule has 0 aromatic heterocycles. The van der Waals surface area contributed by atoms with Gasteiger partial charge in [0.15, 0.2) is 0 Å². The fourth-order valence-electron chi connectivity index (χ4n) is 2.52. The number of nitrogens with one attached hydrogen (secondary N) is 1. The Hall–Kier alpha value is -0.860. The lowest BCUT2D eigenvalue weighted by atomic mass is 9.94. The molecule has 1 aliphatic rings. The molecule has 0 bridgehead atoms. The van der Waals surface area contributed by atoms with Crippen LogP contribution in [0.2, 0.25) is 0 Å². The van der Waals surface area contributed by atoms with Gasteiger partial charge in [0, 0.05) is 6.04 Å². The first-order valence-corrected chi connectivity index (χ1v) is 6.64. The van der Waals surface area contributed by atoms with Crippen LogP contribution in [0.5, 0.6) is 0 Å². The fraction of sp³-hybridized carbons (Fsp3) is 0.600. The molecule has 0 spiro atoms. The lowest BCUT2D eigenvalue weighted by molar-refractivity contribution is 0.113. The highest BCUT2D eigenvalue weighted by Gasteiger charge is 2.21. The maximum absolute atomic E-state index is 10.2. The second kappa shape index (κ2) is 5.65. The number of piperidine rings is 1. The van der Waals surface area contributed by atoms with Crippen LogP contribution < -0.4 is 5.32 Å². The van der Waals surface area contributed by atoms with Crippen molar-refractivity contribution in [3.63, 3.8) is 0 Å². The van der Waals surface area contributed by atoms with E-state index in [2.05, 4.69) is 37.4 Å². The molecule has 2 N–H and O–H groups in total. The van der Waals surface area contributed by atoms with Crippen LogP contribution in [0.25, 0.3) is 0 Å². The summed E-state index contributed by atoms with van der Waals surface area (Å²) in [6.45, 7) is 5.30. The highest BCUT2D eigenvalue weighted by atomic mass is 16.3. The van der Waals surface area contributed by atoms with Crippen molar-refractivity contribution in [2.75, 3.05) is 6.54 Å². The molecular weight excluding hydrogens is 210 g/mol. The van der Waals surface area contributed by atoms with Crippen LogP contribution in [-0.4, -0.2) is 23.8 Å². The zero-order valence-corrected chi connectivity index (χ0v) is 10.9. The SMILES string of the molecule is Cc1ccc(CC(O)C2CCCCN2)cc1C. The Bertz CT molecular complexity index is 369. The second-order valence-corrected chi connectivity index (χ2v) is 5.25. The Kier molecular flexibility index (Phi) is 4.19. The lowest BCUT2D eigenvalue weighted by Crippen LogP contribution is -2.44. The molecule has 1 fully saturated rings. The minimum atomic E-state index is -0.252.